The Bertz CT molecular complexity index is 102. The molecule has 0 fully saturated rings. The van der Waals surface area contributed by atoms with Crippen LogP contribution in [0.4, 0.5) is 0 Å². The Hall–Kier alpha value is -0.350. The number of nitrogens with two attached hydrogens (primary N) is 1. The molecule has 48 valence electrons. The number of nitrogens with one attached hydrogen (secondary N) is 1. The first kappa shape index (κ1) is 10.6. The average molecular weight is 181 g/mol. The summed E-state index contributed by atoms with van der Waals surface area (Å²) < 4.78 is 0. The summed E-state index contributed by atoms with van der Waals surface area (Å²) in [6, 6.07) is 0. The lowest BCUT2D eigenvalue weighted by atomic mass is 10.3. The van der Waals surface area contributed by atoms with Gasteiger partial charge in [-0.25, -0.2) is 5.84 Å². The van der Waals surface area contributed by atoms with E-state index in [-0.39, 0.29) is 22.9 Å². The first-order valence-electron chi connectivity index (χ1n) is 1.85. The van der Waals surface area contributed by atoms with Gasteiger partial charge in [0.25, 0.3) is 5.91 Å². The minimum atomic E-state index is -0.319. The molecule has 0 spiro atoms. The van der Waals surface area contributed by atoms with Gasteiger partial charge >= 0.3 is 0 Å². The van der Waals surface area contributed by atoms with Crippen LogP contribution < -0.4 is 11.3 Å². The molecule has 0 radical (unpaired) electrons. The largest absolute Gasteiger partial charge is 0.290 e. The third-order valence-corrected chi connectivity index (χ3v) is 0.519. The van der Waals surface area contributed by atoms with Gasteiger partial charge in [0.1, 0.15) is 0 Å². The van der Waals surface area contributed by atoms with E-state index in [1.54, 1.807) is 6.92 Å². The molecule has 0 aromatic carbocycles. The first-order chi connectivity index (χ1) is 3.18. The van der Waals surface area contributed by atoms with Crippen molar-refractivity contribution in [3.8, 4) is 0 Å². The molecule has 1 amide bonds. The van der Waals surface area contributed by atoms with Crippen molar-refractivity contribution < 1.29 is 4.79 Å². The number of carbonyl (C=O) groups excluding carboxylic acids is 1. The van der Waals surface area contributed by atoms with Gasteiger partial charge in [-0.15, -0.1) is 17.0 Å². The molecule has 0 aromatic heterocycles. The molecular weight excluding hydrogens is 172 g/mol. The Labute approximate surface area is 58.7 Å². The standard InChI is InChI=1S/C4H8N2O.BrH/c1-3(2)4(7)6-5;/h1,5H2,2H3,(H,6,7);1H. The summed E-state index contributed by atoms with van der Waals surface area (Å²) in [5.41, 5.74) is 2.34. The molecule has 0 aromatic rings. The highest BCUT2D eigenvalue weighted by Crippen LogP contribution is 1.80. The topological polar surface area (TPSA) is 55.1 Å². The minimum absolute atomic E-state index is 0. The molecule has 0 aliphatic carbocycles. The molecule has 0 rings (SSSR count). The van der Waals surface area contributed by atoms with Gasteiger partial charge in [0.05, 0.1) is 0 Å². The summed E-state index contributed by atoms with van der Waals surface area (Å²) in [4.78, 5) is 10.2. The highest BCUT2D eigenvalue weighted by Gasteiger charge is 1.93. The lowest BCUT2D eigenvalue weighted by Crippen LogP contribution is -2.30. The third kappa shape index (κ3) is 3.83. The van der Waals surface area contributed by atoms with Gasteiger partial charge in [-0.05, 0) is 6.92 Å². The van der Waals surface area contributed by atoms with Crippen LogP contribution in [0.15, 0.2) is 12.2 Å². The molecule has 3 N–H and O–H groups in total. The van der Waals surface area contributed by atoms with Crippen LogP contribution in [0.5, 0.6) is 0 Å². The maximum atomic E-state index is 10.2. The van der Waals surface area contributed by atoms with Crippen molar-refractivity contribution >= 4 is 22.9 Å². The maximum Gasteiger partial charge on any atom is 0.260 e. The molecule has 0 atom stereocenters. The molecule has 0 unspecified atom stereocenters. The Morgan fingerprint density at radius 1 is 1.75 bits per heavy atom. The van der Waals surface area contributed by atoms with Crippen LogP contribution in [0.1, 0.15) is 6.92 Å². The summed E-state index contributed by atoms with van der Waals surface area (Å²) in [5, 5.41) is 0. The zero-order valence-corrected chi connectivity index (χ0v) is 6.31. The SMILES string of the molecule is Br.C=C(C)C(=O)NN. The van der Waals surface area contributed by atoms with Crippen molar-refractivity contribution in [3.63, 3.8) is 0 Å². The van der Waals surface area contributed by atoms with Crippen LogP contribution in [0, 0.1) is 0 Å². The smallest absolute Gasteiger partial charge is 0.260 e. The lowest BCUT2D eigenvalue weighted by molar-refractivity contribution is -0.117. The fraction of sp³-hybridized carbons (Fsp3) is 0.250. The summed E-state index contributed by atoms with van der Waals surface area (Å²) in [6.45, 7) is 4.92. The molecular formula is C4H9BrN2O. The number of carbonyl (C=O) groups is 1. The predicted molar refractivity (Wildman–Crippen MR) is 37.5 cm³/mol. The van der Waals surface area contributed by atoms with E-state index in [1.165, 1.54) is 0 Å². The molecule has 4 heteroatoms. The Kier molecular flexibility index (Phi) is 6.36. The van der Waals surface area contributed by atoms with Crippen molar-refractivity contribution in [2.75, 3.05) is 0 Å². The van der Waals surface area contributed by atoms with Gasteiger partial charge in [0, 0.05) is 5.57 Å². The maximum absolute atomic E-state index is 10.2. The van der Waals surface area contributed by atoms with E-state index in [2.05, 4.69) is 6.58 Å². The van der Waals surface area contributed by atoms with Gasteiger partial charge in [0.15, 0.2) is 0 Å². The Morgan fingerprint density at radius 2 is 2.12 bits per heavy atom. The van der Waals surface area contributed by atoms with Gasteiger partial charge < -0.3 is 0 Å². The quantitative estimate of drug-likeness (QED) is 0.261. The number of hydrogen-bond acceptors (Lipinski definition) is 2. The van der Waals surface area contributed by atoms with Crippen molar-refractivity contribution in [3.05, 3.63) is 12.2 Å². The van der Waals surface area contributed by atoms with E-state index < -0.39 is 0 Å². The van der Waals surface area contributed by atoms with E-state index in [4.69, 9.17) is 5.84 Å². The zero-order chi connectivity index (χ0) is 5.86. The van der Waals surface area contributed by atoms with Crippen LogP contribution in [-0.4, -0.2) is 5.91 Å². The Morgan fingerprint density at radius 3 is 2.12 bits per heavy atom. The van der Waals surface area contributed by atoms with Crippen LogP contribution >= 0.6 is 17.0 Å². The van der Waals surface area contributed by atoms with Crippen molar-refractivity contribution in [1.82, 2.24) is 5.43 Å². The number of rotatable bonds is 1. The molecule has 0 aliphatic rings. The van der Waals surface area contributed by atoms with Gasteiger partial charge in [-0.3, -0.25) is 10.2 Å². The zero-order valence-electron chi connectivity index (χ0n) is 4.60. The summed E-state index contributed by atoms with van der Waals surface area (Å²) in [6.07, 6.45) is 0. The predicted octanol–water partition coefficient (Wildman–Crippen LogP) is 0.130. The molecule has 0 saturated heterocycles. The summed E-state index contributed by atoms with van der Waals surface area (Å²) in [7, 11) is 0. The summed E-state index contributed by atoms with van der Waals surface area (Å²) in [5.74, 6) is 4.39. The highest BCUT2D eigenvalue weighted by atomic mass is 79.9. The second kappa shape index (κ2) is 4.80. The second-order valence-corrected chi connectivity index (χ2v) is 1.25. The monoisotopic (exact) mass is 180 g/mol. The number of halogens is 1. The normalized spacial score (nSPS) is 6.75. The fourth-order valence-corrected chi connectivity index (χ4v) is 0.123. The number of hydrogen-bond donors (Lipinski definition) is 2. The van der Waals surface area contributed by atoms with Crippen LogP contribution in [0.3, 0.4) is 0 Å². The summed E-state index contributed by atoms with van der Waals surface area (Å²) >= 11 is 0. The van der Waals surface area contributed by atoms with E-state index in [9.17, 15) is 4.79 Å². The van der Waals surface area contributed by atoms with E-state index >= 15 is 0 Å². The van der Waals surface area contributed by atoms with Crippen LogP contribution in [0.25, 0.3) is 0 Å². The van der Waals surface area contributed by atoms with E-state index in [0.29, 0.717) is 5.57 Å². The Balaban J connectivity index is 0. The van der Waals surface area contributed by atoms with Gasteiger partial charge in [-0.1, -0.05) is 6.58 Å². The molecule has 0 heterocycles. The van der Waals surface area contributed by atoms with Gasteiger partial charge in [-0.2, -0.15) is 0 Å². The van der Waals surface area contributed by atoms with Crippen molar-refractivity contribution in [2.45, 2.75) is 6.92 Å². The van der Waals surface area contributed by atoms with Crippen LogP contribution in [0.2, 0.25) is 0 Å². The fourth-order valence-electron chi connectivity index (χ4n) is 0.123. The van der Waals surface area contributed by atoms with Crippen molar-refractivity contribution in [1.29, 1.82) is 0 Å². The average Bonchev–Trinajstić information content (AvgIpc) is 1.65. The molecule has 0 aliphatic heterocycles. The molecule has 3 nitrogen and oxygen atoms in total. The molecule has 0 saturated carbocycles. The second-order valence-electron chi connectivity index (χ2n) is 1.25. The molecule has 0 bridgehead atoms. The number of amides is 1. The van der Waals surface area contributed by atoms with E-state index in [0.717, 1.165) is 0 Å². The third-order valence-electron chi connectivity index (χ3n) is 0.519. The van der Waals surface area contributed by atoms with Gasteiger partial charge in [0.2, 0.25) is 0 Å². The number of hydrazine groups is 1. The minimum Gasteiger partial charge on any atom is -0.290 e. The van der Waals surface area contributed by atoms with Crippen molar-refractivity contribution in [2.24, 2.45) is 5.84 Å². The lowest BCUT2D eigenvalue weighted by Gasteiger charge is -1.91. The highest BCUT2D eigenvalue weighted by molar-refractivity contribution is 8.93. The molecule has 8 heavy (non-hydrogen) atoms. The first-order valence-corrected chi connectivity index (χ1v) is 1.85. The van der Waals surface area contributed by atoms with Crippen LogP contribution in [-0.2, 0) is 4.79 Å². The van der Waals surface area contributed by atoms with E-state index in [1.807, 2.05) is 5.43 Å².